The third-order valence-corrected chi connectivity index (χ3v) is 6.37. The number of amides is 3. The standard InChI is InChI=1S/C22H20ClN5O4S/c1-32-21(30)13-4-8-16(9-5-13)25-22(31)28-12-2-3-17(28)19-26-27-20(33-19)18(29)24-15-10-6-14(23)7-11-15/h4-11,17H,2-3,12H2,1H3,(H,24,29)(H,25,31). The number of nitrogens with zero attached hydrogens (tertiary/aromatic N) is 3. The molecule has 0 aliphatic carbocycles. The lowest BCUT2D eigenvalue weighted by Crippen LogP contribution is -2.34. The highest BCUT2D eigenvalue weighted by Gasteiger charge is 2.33. The summed E-state index contributed by atoms with van der Waals surface area (Å²) in [6.07, 6.45) is 1.54. The molecule has 0 saturated carbocycles. The topological polar surface area (TPSA) is 114 Å². The van der Waals surface area contributed by atoms with Gasteiger partial charge in [0.2, 0.25) is 5.01 Å². The van der Waals surface area contributed by atoms with Gasteiger partial charge in [-0.1, -0.05) is 22.9 Å². The average Bonchev–Trinajstić information content (AvgIpc) is 3.50. The Balaban J connectivity index is 1.41. The third-order valence-electron chi connectivity index (χ3n) is 5.09. The smallest absolute Gasteiger partial charge is 0.337 e. The number of nitrogens with one attached hydrogen (secondary N) is 2. The fraction of sp³-hybridized carbons (Fsp3) is 0.227. The van der Waals surface area contributed by atoms with Gasteiger partial charge in [0.25, 0.3) is 5.91 Å². The molecule has 1 aromatic heterocycles. The first-order chi connectivity index (χ1) is 15.9. The zero-order valence-corrected chi connectivity index (χ0v) is 19.2. The molecule has 3 aromatic rings. The van der Waals surface area contributed by atoms with Gasteiger partial charge >= 0.3 is 12.0 Å². The lowest BCUT2D eigenvalue weighted by molar-refractivity contribution is 0.0600. The fourth-order valence-corrected chi connectivity index (χ4v) is 4.46. The number of ether oxygens (including phenoxy) is 1. The molecule has 1 saturated heterocycles. The molecule has 1 fully saturated rings. The zero-order valence-electron chi connectivity index (χ0n) is 17.6. The van der Waals surface area contributed by atoms with Crippen LogP contribution in [-0.2, 0) is 4.74 Å². The number of methoxy groups -OCH3 is 1. The molecule has 1 aliphatic rings. The first-order valence-electron chi connectivity index (χ1n) is 10.1. The van der Waals surface area contributed by atoms with E-state index in [1.807, 2.05) is 0 Å². The molecule has 2 N–H and O–H groups in total. The molecule has 0 spiro atoms. The number of likely N-dealkylation sites (tertiary alicyclic amines) is 1. The minimum atomic E-state index is -0.445. The minimum absolute atomic E-state index is 0.214. The van der Waals surface area contributed by atoms with E-state index in [0.29, 0.717) is 33.5 Å². The molecule has 9 nitrogen and oxygen atoms in total. The summed E-state index contributed by atoms with van der Waals surface area (Å²) < 4.78 is 4.68. The Kier molecular flexibility index (Phi) is 6.85. The van der Waals surface area contributed by atoms with E-state index in [9.17, 15) is 14.4 Å². The Hall–Kier alpha value is -3.50. The first kappa shape index (κ1) is 22.7. The molecule has 1 atom stereocenters. The molecule has 2 heterocycles. The maximum atomic E-state index is 12.9. The Bertz CT molecular complexity index is 1170. The van der Waals surface area contributed by atoms with Gasteiger partial charge in [-0.2, -0.15) is 0 Å². The fourth-order valence-electron chi connectivity index (χ4n) is 3.45. The van der Waals surface area contributed by atoms with Crippen LogP contribution in [0.25, 0.3) is 0 Å². The summed E-state index contributed by atoms with van der Waals surface area (Å²) in [6.45, 7) is 0.558. The second kappa shape index (κ2) is 9.97. The van der Waals surface area contributed by atoms with Crippen molar-refractivity contribution in [2.75, 3.05) is 24.3 Å². The molecule has 1 aliphatic heterocycles. The van der Waals surface area contributed by atoms with Crippen molar-refractivity contribution >= 4 is 52.2 Å². The Labute approximate surface area is 198 Å². The van der Waals surface area contributed by atoms with E-state index in [1.165, 1.54) is 7.11 Å². The van der Waals surface area contributed by atoms with Gasteiger partial charge < -0.3 is 20.3 Å². The van der Waals surface area contributed by atoms with E-state index in [2.05, 4.69) is 25.6 Å². The molecule has 4 rings (SSSR count). The van der Waals surface area contributed by atoms with E-state index in [0.717, 1.165) is 24.2 Å². The number of hydrogen-bond donors (Lipinski definition) is 2. The summed E-state index contributed by atoms with van der Waals surface area (Å²) in [5.74, 6) is -0.819. The van der Waals surface area contributed by atoms with E-state index in [1.54, 1.807) is 53.4 Å². The lowest BCUT2D eigenvalue weighted by Gasteiger charge is -2.23. The highest BCUT2D eigenvalue weighted by Crippen LogP contribution is 2.34. The first-order valence-corrected chi connectivity index (χ1v) is 11.3. The number of esters is 1. The molecule has 170 valence electrons. The van der Waals surface area contributed by atoms with Crippen LogP contribution in [0.1, 0.15) is 44.1 Å². The van der Waals surface area contributed by atoms with Gasteiger partial charge in [0.1, 0.15) is 5.01 Å². The predicted octanol–water partition coefficient (Wildman–Crippen LogP) is 4.60. The Morgan fingerprint density at radius 2 is 1.70 bits per heavy atom. The van der Waals surface area contributed by atoms with Gasteiger partial charge in [-0.05, 0) is 61.4 Å². The maximum Gasteiger partial charge on any atom is 0.337 e. The largest absolute Gasteiger partial charge is 0.465 e. The third kappa shape index (κ3) is 5.29. The van der Waals surface area contributed by atoms with Crippen molar-refractivity contribution in [1.82, 2.24) is 15.1 Å². The van der Waals surface area contributed by atoms with Crippen molar-refractivity contribution in [3.63, 3.8) is 0 Å². The second-order valence-electron chi connectivity index (χ2n) is 7.26. The second-order valence-corrected chi connectivity index (χ2v) is 8.70. The number of aromatic nitrogens is 2. The molecule has 0 bridgehead atoms. The van der Waals surface area contributed by atoms with Crippen LogP contribution >= 0.6 is 22.9 Å². The summed E-state index contributed by atoms with van der Waals surface area (Å²) in [6, 6.07) is 12.6. The highest BCUT2D eigenvalue weighted by molar-refractivity contribution is 7.13. The summed E-state index contributed by atoms with van der Waals surface area (Å²) in [5, 5.41) is 15.2. The van der Waals surface area contributed by atoms with E-state index in [4.69, 9.17) is 11.6 Å². The van der Waals surface area contributed by atoms with Crippen molar-refractivity contribution in [2.24, 2.45) is 0 Å². The van der Waals surface area contributed by atoms with Crippen molar-refractivity contribution in [3.05, 3.63) is 69.1 Å². The van der Waals surface area contributed by atoms with Gasteiger partial charge in [-0.25, -0.2) is 9.59 Å². The molecular formula is C22H20ClN5O4S. The molecule has 1 unspecified atom stereocenters. The molecule has 0 radical (unpaired) electrons. The van der Waals surface area contributed by atoms with Crippen molar-refractivity contribution < 1.29 is 19.1 Å². The molecule has 2 aromatic carbocycles. The van der Waals surface area contributed by atoms with Gasteiger partial charge in [0, 0.05) is 22.9 Å². The predicted molar refractivity (Wildman–Crippen MR) is 125 cm³/mol. The van der Waals surface area contributed by atoms with E-state index < -0.39 is 5.97 Å². The average molecular weight is 486 g/mol. The molecular weight excluding hydrogens is 466 g/mol. The van der Waals surface area contributed by atoms with E-state index in [-0.39, 0.29) is 23.0 Å². The SMILES string of the molecule is COC(=O)c1ccc(NC(=O)N2CCCC2c2nnc(C(=O)Nc3ccc(Cl)cc3)s2)cc1. The van der Waals surface area contributed by atoms with Gasteiger partial charge in [0.05, 0.1) is 18.7 Å². The van der Waals surface area contributed by atoms with Crippen LogP contribution in [0, 0.1) is 0 Å². The van der Waals surface area contributed by atoms with Crippen LogP contribution in [0.2, 0.25) is 5.02 Å². The van der Waals surface area contributed by atoms with Crippen LogP contribution in [0.4, 0.5) is 16.2 Å². The van der Waals surface area contributed by atoms with Gasteiger partial charge in [0.15, 0.2) is 0 Å². The normalized spacial score (nSPS) is 15.2. The van der Waals surface area contributed by atoms with Crippen LogP contribution in [-0.4, -0.2) is 46.7 Å². The van der Waals surface area contributed by atoms with Crippen molar-refractivity contribution in [2.45, 2.75) is 18.9 Å². The number of carbonyl (C=O) groups is 3. The summed E-state index contributed by atoms with van der Waals surface area (Å²) in [5.41, 5.74) is 1.55. The van der Waals surface area contributed by atoms with Gasteiger partial charge in [-0.3, -0.25) is 4.79 Å². The van der Waals surface area contributed by atoms with Crippen LogP contribution in [0.5, 0.6) is 0 Å². The summed E-state index contributed by atoms with van der Waals surface area (Å²) in [7, 11) is 1.31. The molecule has 11 heteroatoms. The maximum absolute atomic E-state index is 12.9. The Morgan fingerprint density at radius 3 is 2.39 bits per heavy atom. The highest BCUT2D eigenvalue weighted by atomic mass is 35.5. The summed E-state index contributed by atoms with van der Waals surface area (Å²) in [4.78, 5) is 38.6. The zero-order chi connectivity index (χ0) is 23.4. The number of anilines is 2. The number of rotatable bonds is 5. The van der Waals surface area contributed by atoms with Crippen molar-refractivity contribution in [1.29, 1.82) is 0 Å². The Morgan fingerprint density at radius 1 is 1.03 bits per heavy atom. The number of urea groups is 1. The monoisotopic (exact) mass is 485 g/mol. The number of hydrogen-bond acceptors (Lipinski definition) is 7. The van der Waals surface area contributed by atoms with Crippen LogP contribution in [0.15, 0.2) is 48.5 Å². The van der Waals surface area contributed by atoms with Crippen LogP contribution in [0.3, 0.4) is 0 Å². The number of halogens is 1. The number of benzene rings is 2. The van der Waals surface area contributed by atoms with Crippen molar-refractivity contribution in [3.8, 4) is 0 Å². The molecule has 33 heavy (non-hydrogen) atoms. The van der Waals surface area contributed by atoms with E-state index >= 15 is 0 Å². The van der Waals surface area contributed by atoms with Crippen LogP contribution < -0.4 is 10.6 Å². The van der Waals surface area contributed by atoms with Gasteiger partial charge in [-0.15, -0.1) is 10.2 Å². The number of carbonyl (C=O) groups excluding carboxylic acids is 3. The minimum Gasteiger partial charge on any atom is -0.465 e. The molecule has 3 amide bonds. The quantitative estimate of drug-likeness (QED) is 0.510. The lowest BCUT2D eigenvalue weighted by atomic mass is 10.2. The summed E-state index contributed by atoms with van der Waals surface area (Å²) >= 11 is 7.03.